The Morgan fingerprint density at radius 3 is 1.72 bits per heavy atom. The Hall–Kier alpha value is -1.02. The summed E-state index contributed by atoms with van der Waals surface area (Å²) in [4.78, 5) is 33.6. The zero-order chi connectivity index (χ0) is 12.5. The van der Waals surface area contributed by atoms with Crippen LogP contribution in [0.3, 0.4) is 0 Å². The highest BCUT2D eigenvalue weighted by molar-refractivity contribution is 8.15. The van der Waals surface area contributed by atoms with Crippen LogP contribution in [0.15, 0.2) is 0 Å². The highest BCUT2D eigenvalue weighted by atomic mass is 32.2. The molecule has 2 saturated heterocycles. The van der Waals surface area contributed by atoms with Crippen LogP contribution in [0, 0.1) is 0 Å². The van der Waals surface area contributed by atoms with Crippen LogP contribution in [0.2, 0.25) is 0 Å². The first-order valence-corrected chi connectivity index (χ1v) is 7.81. The molecule has 0 aromatic rings. The Balaban J connectivity index is 1.82. The van der Waals surface area contributed by atoms with Gasteiger partial charge in [-0.1, -0.05) is 0 Å². The van der Waals surface area contributed by atoms with E-state index < -0.39 is 0 Å². The number of nitrogens with zero attached hydrogens (tertiary/aromatic N) is 2. The van der Waals surface area contributed by atoms with E-state index in [4.69, 9.17) is 0 Å². The maximum Gasteiger partial charge on any atom is 0.320 e. The van der Waals surface area contributed by atoms with E-state index in [0.717, 1.165) is 23.4 Å². The van der Waals surface area contributed by atoms with Gasteiger partial charge in [0.2, 0.25) is 0 Å². The van der Waals surface area contributed by atoms with Crippen LogP contribution >= 0.6 is 23.5 Å². The van der Waals surface area contributed by atoms with Gasteiger partial charge in [0.05, 0.1) is 0 Å². The summed E-state index contributed by atoms with van der Waals surface area (Å²) in [6.07, 6.45) is 0. The Kier molecular flexibility index (Phi) is 3.29. The van der Waals surface area contributed by atoms with Crippen LogP contribution in [0.1, 0.15) is 0 Å². The molecule has 6 nitrogen and oxygen atoms in total. The Labute approximate surface area is 113 Å². The number of rotatable bonds is 0. The SMILES string of the molecule is O=C1CSC2=[NH+]CC[NH+]=C3SCC(=O)N3CCN12. The van der Waals surface area contributed by atoms with Crippen molar-refractivity contribution in [2.45, 2.75) is 0 Å². The number of carbonyl (C=O) groups is 2. The van der Waals surface area contributed by atoms with E-state index in [1.807, 2.05) is 0 Å². The Morgan fingerprint density at radius 2 is 1.28 bits per heavy atom. The van der Waals surface area contributed by atoms with Gasteiger partial charge in [-0.2, -0.15) is 9.80 Å². The summed E-state index contributed by atoms with van der Waals surface area (Å²) in [5, 5.41) is 1.84. The lowest BCUT2D eigenvalue weighted by molar-refractivity contribution is -0.539. The van der Waals surface area contributed by atoms with Crippen molar-refractivity contribution < 1.29 is 19.6 Å². The Bertz CT molecular complexity index is 421. The van der Waals surface area contributed by atoms with Gasteiger partial charge in [-0.25, -0.2) is 9.59 Å². The molecular weight excluding hydrogens is 272 g/mol. The molecule has 2 amide bonds. The number of carbonyl (C=O) groups excluding carboxylic acids is 2. The lowest BCUT2D eigenvalue weighted by Crippen LogP contribution is -2.86. The maximum atomic E-state index is 11.8. The molecule has 0 saturated carbocycles. The minimum absolute atomic E-state index is 0.122. The summed E-state index contributed by atoms with van der Waals surface area (Å²) in [6, 6.07) is 0. The summed E-state index contributed by atoms with van der Waals surface area (Å²) >= 11 is 3.08. The first kappa shape index (κ1) is 12.0. The van der Waals surface area contributed by atoms with Crippen molar-refractivity contribution in [3.8, 4) is 0 Å². The van der Waals surface area contributed by atoms with Gasteiger partial charge < -0.3 is 0 Å². The van der Waals surface area contributed by atoms with Crippen LogP contribution in [0.5, 0.6) is 0 Å². The molecule has 96 valence electrons. The van der Waals surface area contributed by atoms with Gasteiger partial charge in [0.1, 0.15) is 37.7 Å². The van der Waals surface area contributed by atoms with E-state index in [9.17, 15) is 9.59 Å². The third-order valence-corrected chi connectivity index (χ3v) is 5.04. The summed E-state index contributed by atoms with van der Waals surface area (Å²) in [6.45, 7) is 2.62. The van der Waals surface area contributed by atoms with Crippen LogP contribution in [-0.2, 0) is 9.59 Å². The molecule has 0 aliphatic carbocycles. The fraction of sp³-hybridized carbons (Fsp3) is 0.600. The number of fused-ring (bicyclic) bond motifs is 2. The molecule has 0 aromatic heterocycles. The zero-order valence-corrected chi connectivity index (χ0v) is 11.4. The third-order valence-electron chi connectivity index (χ3n) is 2.98. The normalized spacial score (nSPS) is 24.7. The fourth-order valence-corrected chi connectivity index (χ4v) is 4.02. The number of nitrogens with one attached hydrogen (secondary N) is 2. The van der Waals surface area contributed by atoms with E-state index in [2.05, 4.69) is 9.98 Å². The van der Waals surface area contributed by atoms with Crippen molar-refractivity contribution in [2.24, 2.45) is 0 Å². The van der Waals surface area contributed by atoms with Crippen molar-refractivity contribution in [1.29, 1.82) is 0 Å². The lowest BCUT2D eigenvalue weighted by Gasteiger charge is -2.13. The average molecular weight is 286 g/mol. The average Bonchev–Trinajstić information content (AvgIpc) is 2.89. The van der Waals surface area contributed by atoms with E-state index >= 15 is 0 Å². The molecule has 0 spiro atoms. The van der Waals surface area contributed by atoms with Crippen molar-refractivity contribution in [3.63, 3.8) is 0 Å². The van der Waals surface area contributed by atoms with E-state index in [0.29, 0.717) is 24.6 Å². The highest BCUT2D eigenvalue weighted by Gasteiger charge is 2.41. The van der Waals surface area contributed by atoms with E-state index in [1.54, 1.807) is 9.80 Å². The minimum atomic E-state index is 0.122. The van der Waals surface area contributed by atoms with Crippen LogP contribution in [0.25, 0.3) is 0 Å². The standard InChI is InChI=1S/C10H12N4O2S2/c15-7-5-17-9-11-1-2-12-10-14(4-3-13(7)9)8(16)6-18-10/h1-6H2/p+2. The summed E-state index contributed by atoms with van der Waals surface area (Å²) in [7, 11) is 0. The first-order valence-electron chi connectivity index (χ1n) is 5.83. The summed E-state index contributed by atoms with van der Waals surface area (Å²) < 4.78 is 0. The second kappa shape index (κ2) is 4.93. The van der Waals surface area contributed by atoms with Crippen LogP contribution in [-0.4, -0.2) is 69.6 Å². The minimum Gasteiger partial charge on any atom is -0.264 e. The van der Waals surface area contributed by atoms with E-state index in [1.165, 1.54) is 23.5 Å². The number of thioether (sulfide) groups is 2. The van der Waals surface area contributed by atoms with Gasteiger partial charge in [-0.15, -0.1) is 0 Å². The Morgan fingerprint density at radius 1 is 0.833 bits per heavy atom. The molecule has 0 atom stereocenters. The molecule has 2 N–H and O–H groups in total. The fourth-order valence-electron chi connectivity index (χ4n) is 2.08. The van der Waals surface area contributed by atoms with Crippen molar-refractivity contribution in [1.82, 2.24) is 9.80 Å². The van der Waals surface area contributed by atoms with Crippen molar-refractivity contribution in [2.75, 3.05) is 37.7 Å². The molecule has 3 aliphatic rings. The van der Waals surface area contributed by atoms with Gasteiger partial charge in [0, 0.05) is 0 Å². The number of hydrogen-bond donors (Lipinski definition) is 2. The molecule has 0 unspecified atom stereocenters. The molecular formula is C10H14N4O2S2+2. The van der Waals surface area contributed by atoms with Gasteiger partial charge in [-0.3, -0.25) is 9.98 Å². The first-order chi connectivity index (χ1) is 8.75. The number of amidine groups is 2. The second-order valence-corrected chi connectivity index (χ2v) is 6.06. The molecule has 0 aromatic carbocycles. The predicted molar refractivity (Wildman–Crippen MR) is 70.0 cm³/mol. The molecule has 8 heteroatoms. The highest BCUT2D eigenvalue weighted by Crippen LogP contribution is 2.18. The maximum absolute atomic E-state index is 11.8. The third kappa shape index (κ3) is 2.14. The smallest absolute Gasteiger partial charge is 0.264 e. The molecule has 0 radical (unpaired) electrons. The molecule has 3 rings (SSSR count). The van der Waals surface area contributed by atoms with Gasteiger partial charge in [0.15, 0.2) is 0 Å². The molecule has 0 bridgehead atoms. The number of hydrogen-bond acceptors (Lipinski definition) is 4. The molecule has 3 aliphatic heterocycles. The summed E-state index contributed by atoms with van der Waals surface area (Å²) in [5.74, 6) is 1.23. The number of amides is 2. The van der Waals surface area contributed by atoms with Gasteiger partial charge in [0.25, 0.3) is 0 Å². The summed E-state index contributed by atoms with van der Waals surface area (Å²) in [5.41, 5.74) is 0. The monoisotopic (exact) mass is 286 g/mol. The molecule has 3 heterocycles. The topological polar surface area (TPSA) is 68.6 Å². The van der Waals surface area contributed by atoms with Gasteiger partial charge >= 0.3 is 22.1 Å². The molecule has 2 fully saturated rings. The van der Waals surface area contributed by atoms with Crippen molar-refractivity contribution >= 4 is 45.7 Å². The predicted octanol–water partition coefficient (Wildman–Crippen LogP) is -3.98. The van der Waals surface area contributed by atoms with Crippen LogP contribution < -0.4 is 9.98 Å². The zero-order valence-electron chi connectivity index (χ0n) is 9.77. The van der Waals surface area contributed by atoms with Crippen molar-refractivity contribution in [3.05, 3.63) is 0 Å². The lowest BCUT2D eigenvalue weighted by atomic mass is 10.4. The van der Waals surface area contributed by atoms with Crippen LogP contribution in [0.4, 0.5) is 0 Å². The largest absolute Gasteiger partial charge is 0.320 e. The van der Waals surface area contributed by atoms with Gasteiger partial charge in [-0.05, 0) is 23.5 Å². The second-order valence-electron chi connectivity index (χ2n) is 4.13. The van der Waals surface area contributed by atoms with E-state index in [-0.39, 0.29) is 11.8 Å². The quantitative estimate of drug-likeness (QED) is 0.477. The molecule has 18 heavy (non-hydrogen) atoms.